The van der Waals surface area contributed by atoms with Crippen LogP contribution >= 0.6 is 0 Å². The molecule has 1 aliphatic heterocycles. The molecule has 0 spiro atoms. The number of halogens is 3. The minimum atomic E-state index is -3.72. The summed E-state index contributed by atoms with van der Waals surface area (Å²) in [6.07, 6.45) is 1.45. The Hall–Kier alpha value is -1.99. The Balaban J connectivity index is 1.45. The summed E-state index contributed by atoms with van der Waals surface area (Å²) in [5.74, 6) is 0.393. The zero-order valence-corrected chi connectivity index (χ0v) is 20.7. The lowest BCUT2D eigenvalue weighted by molar-refractivity contribution is -0.0299. The van der Waals surface area contributed by atoms with Crippen molar-refractivity contribution in [3.8, 4) is 0 Å². The molecular formula is C22H31F3N4O5S. The van der Waals surface area contributed by atoms with Crippen LogP contribution < -0.4 is 4.72 Å². The van der Waals surface area contributed by atoms with E-state index in [0.717, 1.165) is 36.4 Å². The zero-order chi connectivity index (χ0) is 25.5. The molecule has 1 amide bonds. The molecule has 13 heteroatoms. The lowest BCUT2D eigenvalue weighted by Crippen LogP contribution is -2.52. The number of hydrogen-bond acceptors (Lipinski definition) is 7. The van der Waals surface area contributed by atoms with Gasteiger partial charge in [0, 0.05) is 11.5 Å². The average molecular weight is 521 g/mol. The molecule has 0 aromatic carbocycles. The zero-order valence-electron chi connectivity index (χ0n) is 19.9. The van der Waals surface area contributed by atoms with E-state index in [1.54, 1.807) is 13.8 Å². The molecule has 6 atom stereocenters. The van der Waals surface area contributed by atoms with Crippen LogP contribution in [0.4, 0.5) is 18.0 Å². The Morgan fingerprint density at radius 1 is 1.29 bits per heavy atom. The van der Waals surface area contributed by atoms with Crippen molar-refractivity contribution in [1.29, 1.82) is 0 Å². The van der Waals surface area contributed by atoms with Gasteiger partial charge in [-0.1, -0.05) is 0 Å². The molecule has 1 aromatic rings. The van der Waals surface area contributed by atoms with Crippen LogP contribution in [0.1, 0.15) is 51.8 Å². The van der Waals surface area contributed by atoms with E-state index in [0.29, 0.717) is 18.7 Å². The Morgan fingerprint density at radius 3 is 2.54 bits per heavy atom. The Bertz CT molecular complexity index is 1030. The third-order valence-corrected chi connectivity index (χ3v) is 7.87. The molecule has 1 N–H and O–H groups in total. The lowest BCUT2D eigenvalue weighted by atomic mass is 9.86. The monoisotopic (exact) mass is 520 g/mol. The summed E-state index contributed by atoms with van der Waals surface area (Å²) in [6, 6.07) is -3.37. The molecule has 1 aromatic heterocycles. The third-order valence-electron chi connectivity index (χ3n) is 7.14. The maximum atomic E-state index is 13.8. The van der Waals surface area contributed by atoms with Gasteiger partial charge in [0.25, 0.3) is 6.43 Å². The van der Waals surface area contributed by atoms with Crippen molar-refractivity contribution in [1.82, 2.24) is 19.6 Å². The van der Waals surface area contributed by atoms with Crippen LogP contribution in [0.2, 0.25) is 0 Å². The van der Waals surface area contributed by atoms with Gasteiger partial charge in [-0.25, -0.2) is 41.1 Å². The molecule has 9 nitrogen and oxygen atoms in total. The maximum absolute atomic E-state index is 13.8. The first-order valence-corrected chi connectivity index (χ1v) is 13.6. The van der Waals surface area contributed by atoms with Crippen molar-refractivity contribution in [2.24, 2.45) is 5.92 Å². The van der Waals surface area contributed by atoms with Crippen LogP contribution in [0.25, 0.3) is 0 Å². The van der Waals surface area contributed by atoms with E-state index >= 15 is 0 Å². The highest BCUT2D eigenvalue weighted by molar-refractivity contribution is 7.88. The van der Waals surface area contributed by atoms with Crippen molar-refractivity contribution in [3.05, 3.63) is 24.0 Å². The molecule has 1 unspecified atom stereocenters. The van der Waals surface area contributed by atoms with Gasteiger partial charge in [0.15, 0.2) is 5.82 Å². The number of amides is 1. The molecule has 0 radical (unpaired) electrons. The van der Waals surface area contributed by atoms with Crippen molar-refractivity contribution < 1.29 is 35.9 Å². The number of rotatable bonds is 8. The fourth-order valence-corrected chi connectivity index (χ4v) is 6.32. The second kappa shape index (κ2) is 9.81. The number of hydrogen-bond donors (Lipinski definition) is 1. The molecule has 4 rings (SSSR count). The summed E-state index contributed by atoms with van der Waals surface area (Å²) in [5, 5.41) is 0. The molecule has 196 valence electrons. The highest BCUT2D eigenvalue weighted by Crippen LogP contribution is 2.61. The number of fused-ring (bicyclic) bond motifs is 1. The van der Waals surface area contributed by atoms with Gasteiger partial charge in [-0.2, -0.15) is 0 Å². The van der Waals surface area contributed by atoms with Gasteiger partial charge in [0.1, 0.15) is 5.82 Å². The molecule has 0 bridgehead atoms. The van der Waals surface area contributed by atoms with Gasteiger partial charge >= 0.3 is 6.09 Å². The highest BCUT2D eigenvalue weighted by Gasteiger charge is 2.60. The Morgan fingerprint density at radius 2 is 1.97 bits per heavy atom. The minimum absolute atomic E-state index is 0.110. The number of nitrogens with one attached hydrogen (secondary N) is 1. The Labute approximate surface area is 202 Å². The SMILES string of the molecule is CC(C)OC(=O)N1C(C(F)F)C[C@H](NS(C)(=O)=O)[C@@H]1CO[C@H]1CC[C@@]2(c3ncc(F)cn3)C[C@H]2C1. The van der Waals surface area contributed by atoms with Crippen molar-refractivity contribution >= 4 is 16.1 Å². The van der Waals surface area contributed by atoms with E-state index in [1.807, 2.05) is 0 Å². The summed E-state index contributed by atoms with van der Waals surface area (Å²) in [6.45, 7) is 3.11. The smallest absolute Gasteiger partial charge is 0.410 e. The number of carbonyl (C=O) groups is 1. The molecule has 2 aliphatic carbocycles. The number of alkyl halides is 2. The number of carbonyl (C=O) groups excluding carboxylic acids is 1. The van der Waals surface area contributed by atoms with E-state index in [4.69, 9.17) is 9.47 Å². The number of aromatic nitrogens is 2. The first-order valence-electron chi connectivity index (χ1n) is 11.7. The standard InChI is InChI=1S/C22H31F3N4O5S/c1-12(2)34-21(30)29-17(19(24)25)7-16(28-35(3,31)32)18(29)11-33-15-4-5-22(8-13(22)6-15)20-26-9-14(23)10-27-20/h9-10,12-13,15-19,28H,4-8,11H2,1-3H3/t13-,15+,16+,17?,18+,22-/m1/s1. The normalized spacial score (nSPS) is 32.7. The third kappa shape index (κ3) is 5.72. The van der Waals surface area contributed by atoms with Gasteiger partial charge < -0.3 is 9.47 Å². The quantitative estimate of drug-likeness (QED) is 0.561. The van der Waals surface area contributed by atoms with Gasteiger partial charge in [-0.15, -0.1) is 0 Å². The summed E-state index contributed by atoms with van der Waals surface area (Å²) in [7, 11) is -3.72. The van der Waals surface area contributed by atoms with Crippen LogP contribution in [-0.4, -0.2) is 79.0 Å². The first kappa shape index (κ1) is 26.1. The fraction of sp³-hybridized carbons (Fsp3) is 0.773. The van der Waals surface area contributed by atoms with Crippen LogP contribution in [0.15, 0.2) is 12.4 Å². The van der Waals surface area contributed by atoms with Gasteiger partial charge in [-0.3, -0.25) is 4.90 Å². The van der Waals surface area contributed by atoms with Gasteiger partial charge in [0.05, 0.1) is 49.5 Å². The second-order valence-electron chi connectivity index (χ2n) is 10.1. The fourth-order valence-electron chi connectivity index (χ4n) is 5.52. The highest BCUT2D eigenvalue weighted by atomic mass is 32.2. The molecule has 3 fully saturated rings. The number of sulfonamides is 1. The average Bonchev–Trinajstić information content (AvgIpc) is 3.38. The van der Waals surface area contributed by atoms with Crippen LogP contribution in [-0.2, 0) is 24.9 Å². The largest absolute Gasteiger partial charge is 0.447 e. The summed E-state index contributed by atoms with van der Waals surface area (Å²) in [4.78, 5) is 22.0. The molecule has 2 saturated carbocycles. The molecule has 35 heavy (non-hydrogen) atoms. The predicted molar refractivity (Wildman–Crippen MR) is 119 cm³/mol. The molecule has 1 saturated heterocycles. The number of likely N-dealkylation sites (tertiary alicyclic amines) is 1. The number of ether oxygens (including phenoxy) is 2. The van der Waals surface area contributed by atoms with E-state index < -0.39 is 52.6 Å². The topological polar surface area (TPSA) is 111 Å². The molecule has 2 heterocycles. The lowest BCUT2D eigenvalue weighted by Gasteiger charge is -2.33. The van der Waals surface area contributed by atoms with Gasteiger partial charge in [-0.05, 0) is 51.9 Å². The van der Waals surface area contributed by atoms with Crippen molar-refractivity contribution in [2.45, 2.75) is 88.1 Å². The van der Waals surface area contributed by atoms with E-state index in [9.17, 15) is 26.4 Å². The summed E-state index contributed by atoms with van der Waals surface area (Å²) in [5.41, 5.74) is -0.185. The van der Waals surface area contributed by atoms with Crippen LogP contribution in [0.5, 0.6) is 0 Å². The van der Waals surface area contributed by atoms with Crippen molar-refractivity contribution in [2.75, 3.05) is 12.9 Å². The van der Waals surface area contributed by atoms with E-state index in [1.165, 1.54) is 0 Å². The predicted octanol–water partition coefficient (Wildman–Crippen LogP) is 2.61. The van der Waals surface area contributed by atoms with E-state index in [-0.39, 0.29) is 30.5 Å². The summed E-state index contributed by atoms with van der Waals surface area (Å²) >= 11 is 0. The van der Waals surface area contributed by atoms with E-state index in [2.05, 4.69) is 14.7 Å². The summed E-state index contributed by atoms with van der Waals surface area (Å²) < 4.78 is 78.4. The van der Waals surface area contributed by atoms with Gasteiger partial charge in [0.2, 0.25) is 10.0 Å². The molecule has 3 aliphatic rings. The van der Waals surface area contributed by atoms with Crippen LogP contribution in [0.3, 0.4) is 0 Å². The first-order chi connectivity index (χ1) is 16.4. The second-order valence-corrected chi connectivity index (χ2v) is 11.8. The van der Waals surface area contributed by atoms with Crippen LogP contribution in [0, 0.1) is 11.7 Å². The molecular weight excluding hydrogens is 489 g/mol. The Kier molecular flexibility index (Phi) is 7.31. The minimum Gasteiger partial charge on any atom is -0.447 e. The maximum Gasteiger partial charge on any atom is 0.410 e. The number of nitrogens with zero attached hydrogens (tertiary/aromatic N) is 3. The van der Waals surface area contributed by atoms with Crippen molar-refractivity contribution in [3.63, 3.8) is 0 Å².